The summed E-state index contributed by atoms with van der Waals surface area (Å²) >= 11 is 0. The van der Waals surface area contributed by atoms with Crippen LogP contribution in [0.15, 0.2) is 18.2 Å². The van der Waals surface area contributed by atoms with E-state index in [1.807, 2.05) is 32.0 Å². The second-order valence-electron chi connectivity index (χ2n) is 4.81. The van der Waals surface area contributed by atoms with Gasteiger partial charge in [0.25, 0.3) is 0 Å². The lowest BCUT2D eigenvalue weighted by atomic mass is 9.84. The maximum atomic E-state index is 11.8. The predicted octanol–water partition coefficient (Wildman–Crippen LogP) is 1.12. The first-order chi connectivity index (χ1) is 8.55. The van der Waals surface area contributed by atoms with Crippen molar-refractivity contribution in [3.05, 3.63) is 23.8 Å². The van der Waals surface area contributed by atoms with E-state index in [2.05, 4.69) is 5.43 Å². The van der Waals surface area contributed by atoms with Crippen LogP contribution in [0.25, 0.3) is 0 Å². The molecule has 0 saturated heterocycles. The highest BCUT2D eigenvalue weighted by atomic mass is 16.5. The average molecular weight is 250 g/mol. The van der Waals surface area contributed by atoms with Crippen molar-refractivity contribution in [1.29, 1.82) is 0 Å². The van der Waals surface area contributed by atoms with Crippen molar-refractivity contribution in [2.75, 3.05) is 13.2 Å². The molecule has 5 nitrogen and oxygen atoms in total. The monoisotopic (exact) mass is 250 g/mol. The molecule has 98 valence electrons. The number of hydrogen-bond acceptors (Lipinski definition) is 4. The van der Waals surface area contributed by atoms with E-state index in [-0.39, 0.29) is 5.91 Å². The smallest absolute Gasteiger partial charge is 0.243 e. The third-order valence-electron chi connectivity index (χ3n) is 3.17. The Morgan fingerprint density at radius 2 is 1.94 bits per heavy atom. The summed E-state index contributed by atoms with van der Waals surface area (Å²) in [7, 11) is 0. The van der Waals surface area contributed by atoms with Crippen LogP contribution in [-0.4, -0.2) is 19.1 Å². The minimum absolute atomic E-state index is 0.239. The molecule has 0 spiro atoms. The summed E-state index contributed by atoms with van der Waals surface area (Å²) in [5, 5.41) is 0. The summed E-state index contributed by atoms with van der Waals surface area (Å²) in [5.74, 6) is 6.37. The summed E-state index contributed by atoms with van der Waals surface area (Å²) in [5.41, 5.74) is 2.32. The molecule has 1 aromatic rings. The van der Waals surface area contributed by atoms with E-state index in [0.717, 1.165) is 17.7 Å². The summed E-state index contributed by atoms with van der Waals surface area (Å²) in [4.78, 5) is 11.8. The average Bonchev–Trinajstić information content (AvgIpc) is 2.61. The Morgan fingerprint density at radius 3 is 2.61 bits per heavy atom. The molecule has 0 aromatic heterocycles. The van der Waals surface area contributed by atoms with Crippen LogP contribution < -0.4 is 20.7 Å². The van der Waals surface area contributed by atoms with Gasteiger partial charge in [0.1, 0.15) is 0 Å². The first-order valence-electron chi connectivity index (χ1n) is 5.97. The largest absolute Gasteiger partial charge is 0.490 e. The van der Waals surface area contributed by atoms with Gasteiger partial charge in [-0.05, 0) is 31.5 Å². The van der Waals surface area contributed by atoms with Gasteiger partial charge in [-0.1, -0.05) is 6.07 Å². The zero-order chi connectivity index (χ0) is 13.2. The van der Waals surface area contributed by atoms with E-state index in [4.69, 9.17) is 15.3 Å². The van der Waals surface area contributed by atoms with Crippen LogP contribution in [0.1, 0.15) is 25.8 Å². The van der Waals surface area contributed by atoms with Crippen LogP contribution in [0.5, 0.6) is 11.5 Å². The third-order valence-corrected chi connectivity index (χ3v) is 3.17. The topological polar surface area (TPSA) is 73.6 Å². The van der Waals surface area contributed by atoms with E-state index in [1.54, 1.807) is 0 Å². The molecule has 0 saturated carbocycles. The van der Waals surface area contributed by atoms with Gasteiger partial charge in [-0.2, -0.15) is 0 Å². The number of hydrogen-bond donors (Lipinski definition) is 2. The van der Waals surface area contributed by atoms with Crippen molar-refractivity contribution in [2.45, 2.75) is 25.7 Å². The molecule has 0 bridgehead atoms. The second-order valence-corrected chi connectivity index (χ2v) is 4.81. The number of carbonyl (C=O) groups excluding carboxylic acids is 1. The summed E-state index contributed by atoms with van der Waals surface area (Å²) in [6.07, 6.45) is 0.858. The first kappa shape index (κ1) is 12.7. The van der Waals surface area contributed by atoms with Gasteiger partial charge in [0.2, 0.25) is 5.91 Å². The van der Waals surface area contributed by atoms with Gasteiger partial charge in [0.05, 0.1) is 18.6 Å². The zero-order valence-corrected chi connectivity index (χ0v) is 10.7. The summed E-state index contributed by atoms with van der Waals surface area (Å²) in [6, 6.07) is 5.54. The van der Waals surface area contributed by atoms with Crippen molar-refractivity contribution in [3.8, 4) is 11.5 Å². The number of nitrogens with one attached hydrogen (secondary N) is 1. The molecule has 1 aliphatic heterocycles. The summed E-state index contributed by atoms with van der Waals surface area (Å²) in [6.45, 7) is 4.90. The minimum Gasteiger partial charge on any atom is -0.490 e. The lowest BCUT2D eigenvalue weighted by Gasteiger charge is -2.23. The lowest BCUT2D eigenvalue weighted by Crippen LogP contribution is -2.43. The van der Waals surface area contributed by atoms with Crippen LogP contribution in [0, 0.1) is 0 Å². The minimum atomic E-state index is -0.709. The van der Waals surface area contributed by atoms with Crippen LogP contribution in [0.3, 0.4) is 0 Å². The third kappa shape index (κ3) is 2.26. The first-order valence-corrected chi connectivity index (χ1v) is 5.97. The van der Waals surface area contributed by atoms with Gasteiger partial charge in [0.15, 0.2) is 11.5 Å². The molecule has 1 aromatic carbocycles. The fraction of sp³-hybridized carbons (Fsp3) is 0.462. The van der Waals surface area contributed by atoms with Crippen molar-refractivity contribution in [3.63, 3.8) is 0 Å². The molecule has 18 heavy (non-hydrogen) atoms. The van der Waals surface area contributed by atoms with E-state index in [0.29, 0.717) is 19.0 Å². The van der Waals surface area contributed by atoms with Gasteiger partial charge in [0, 0.05) is 6.42 Å². The van der Waals surface area contributed by atoms with Gasteiger partial charge in [-0.15, -0.1) is 0 Å². The van der Waals surface area contributed by atoms with Crippen LogP contribution >= 0.6 is 0 Å². The van der Waals surface area contributed by atoms with E-state index in [1.165, 1.54) is 0 Å². The lowest BCUT2D eigenvalue weighted by molar-refractivity contribution is -0.125. The van der Waals surface area contributed by atoms with Gasteiger partial charge < -0.3 is 9.47 Å². The van der Waals surface area contributed by atoms with Crippen molar-refractivity contribution < 1.29 is 14.3 Å². The highest BCUT2D eigenvalue weighted by Gasteiger charge is 2.30. The maximum Gasteiger partial charge on any atom is 0.243 e. The Hall–Kier alpha value is -1.75. The number of amides is 1. The molecule has 2 rings (SSSR count). The molecule has 3 N–H and O–H groups in total. The van der Waals surface area contributed by atoms with Crippen molar-refractivity contribution in [1.82, 2.24) is 5.43 Å². The molecule has 0 atom stereocenters. The Labute approximate surface area is 106 Å². The van der Waals surface area contributed by atoms with E-state index >= 15 is 0 Å². The van der Waals surface area contributed by atoms with Gasteiger partial charge in [-0.3, -0.25) is 10.2 Å². The Morgan fingerprint density at radius 1 is 1.28 bits per heavy atom. The highest BCUT2D eigenvalue weighted by Crippen LogP contribution is 2.34. The number of carbonyl (C=O) groups is 1. The maximum absolute atomic E-state index is 11.8. The SMILES string of the molecule is CC(C)(C(=O)NN)c1ccc2c(c1)OCCCO2. The molecule has 5 heteroatoms. The standard InChI is InChI=1S/C13H18N2O3/c1-13(2,12(16)15-14)9-4-5-10-11(8-9)18-7-3-6-17-10/h4-5,8H,3,6-7,14H2,1-2H3,(H,15,16). The van der Waals surface area contributed by atoms with Gasteiger partial charge in [-0.25, -0.2) is 5.84 Å². The zero-order valence-electron chi connectivity index (χ0n) is 10.7. The number of hydrazine groups is 1. The molecule has 0 fully saturated rings. The quantitative estimate of drug-likeness (QED) is 0.468. The number of ether oxygens (including phenoxy) is 2. The molecule has 0 aliphatic carbocycles. The molecule has 0 unspecified atom stereocenters. The van der Waals surface area contributed by atoms with Crippen LogP contribution in [0.2, 0.25) is 0 Å². The predicted molar refractivity (Wildman–Crippen MR) is 67.4 cm³/mol. The Bertz CT molecular complexity index is 458. The second kappa shape index (κ2) is 4.86. The number of rotatable bonds is 2. The fourth-order valence-corrected chi connectivity index (χ4v) is 1.86. The van der Waals surface area contributed by atoms with Crippen LogP contribution in [-0.2, 0) is 10.2 Å². The van der Waals surface area contributed by atoms with E-state index in [9.17, 15) is 4.79 Å². The molecular formula is C13H18N2O3. The fourth-order valence-electron chi connectivity index (χ4n) is 1.86. The number of fused-ring (bicyclic) bond motifs is 1. The molecule has 1 heterocycles. The Kier molecular flexibility index (Phi) is 3.43. The van der Waals surface area contributed by atoms with Crippen LogP contribution in [0.4, 0.5) is 0 Å². The molecule has 1 amide bonds. The van der Waals surface area contributed by atoms with Crippen molar-refractivity contribution in [2.24, 2.45) is 5.84 Å². The number of nitrogens with two attached hydrogens (primary N) is 1. The van der Waals surface area contributed by atoms with Gasteiger partial charge >= 0.3 is 0 Å². The van der Waals surface area contributed by atoms with Crippen molar-refractivity contribution >= 4 is 5.91 Å². The number of benzene rings is 1. The molecule has 1 aliphatic rings. The molecule has 0 radical (unpaired) electrons. The normalized spacial score (nSPS) is 14.8. The summed E-state index contributed by atoms with van der Waals surface area (Å²) < 4.78 is 11.2. The molecular weight excluding hydrogens is 232 g/mol. The van der Waals surface area contributed by atoms with E-state index < -0.39 is 5.41 Å². The Balaban J connectivity index is 2.36. The highest BCUT2D eigenvalue weighted by molar-refractivity contribution is 5.87.